The molecule has 18 heavy (non-hydrogen) atoms. The number of hydrogen-bond donors (Lipinski definition) is 2. The van der Waals surface area contributed by atoms with Crippen LogP contribution in [-0.2, 0) is 0 Å². The van der Waals surface area contributed by atoms with Gasteiger partial charge in [0, 0.05) is 10.2 Å². The van der Waals surface area contributed by atoms with Crippen LogP contribution in [0.5, 0.6) is 0 Å². The minimum absolute atomic E-state index is 0.151. The Kier molecular flexibility index (Phi) is 3.73. The maximum atomic E-state index is 13.6. The number of halogens is 4. The van der Waals surface area contributed by atoms with Gasteiger partial charge in [0.1, 0.15) is 11.6 Å². The third-order valence-electron chi connectivity index (χ3n) is 2.26. The fourth-order valence-corrected chi connectivity index (χ4v) is 2.33. The molecule has 2 nitrogen and oxygen atoms in total. The summed E-state index contributed by atoms with van der Waals surface area (Å²) in [7, 11) is 0. The normalized spacial score (nSPS) is 10.4. The zero-order valence-electron chi connectivity index (χ0n) is 8.98. The predicted octanol–water partition coefficient (Wildman–Crippen LogP) is 4.71. The van der Waals surface area contributed by atoms with E-state index in [1.54, 1.807) is 6.07 Å². The van der Waals surface area contributed by atoms with Gasteiger partial charge in [-0.25, -0.2) is 8.78 Å². The SMILES string of the molecule is Nc1ccc(Nc2c(Cl)cc(F)cc2Br)c(F)c1. The topological polar surface area (TPSA) is 38.0 Å². The lowest BCUT2D eigenvalue weighted by Crippen LogP contribution is -1.97. The first-order valence-electron chi connectivity index (χ1n) is 4.94. The molecule has 2 aromatic carbocycles. The molecule has 0 amide bonds. The highest BCUT2D eigenvalue weighted by molar-refractivity contribution is 9.10. The summed E-state index contributed by atoms with van der Waals surface area (Å²) in [4.78, 5) is 0. The number of rotatable bonds is 2. The highest BCUT2D eigenvalue weighted by Crippen LogP contribution is 2.34. The van der Waals surface area contributed by atoms with Crippen molar-refractivity contribution < 1.29 is 8.78 Å². The number of benzene rings is 2. The van der Waals surface area contributed by atoms with Gasteiger partial charge in [0.2, 0.25) is 0 Å². The van der Waals surface area contributed by atoms with E-state index < -0.39 is 11.6 Å². The molecule has 3 N–H and O–H groups in total. The minimum Gasteiger partial charge on any atom is -0.399 e. The first-order valence-corrected chi connectivity index (χ1v) is 6.11. The van der Waals surface area contributed by atoms with E-state index in [1.807, 2.05) is 0 Å². The molecule has 0 radical (unpaired) electrons. The molecular weight excluding hydrogens is 325 g/mol. The lowest BCUT2D eigenvalue weighted by Gasteiger charge is -2.12. The average Bonchev–Trinajstić information content (AvgIpc) is 2.25. The van der Waals surface area contributed by atoms with Crippen LogP contribution in [0.1, 0.15) is 0 Å². The van der Waals surface area contributed by atoms with Crippen LogP contribution in [0.15, 0.2) is 34.8 Å². The Balaban J connectivity index is 2.40. The highest BCUT2D eigenvalue weighted by Gasteiger charge is 2.10. The molecular formula is C12H8BrClF2N2. The molecule has 0 heterocycles. The van der Waals surface area contributed by atoms with Crippen LogP contribution in [-0.4, -0.2) is 0 Å². The maximum absolute atomic E-state index is 13.6. The van der Waals surface area contributed by atoms with Gasteiger partial charge >= 0.3 is 0 Å². The van der Waals surface area contributed by atoms with E-state index in [0.717, 1.165) is 6.07 Å². The van der Waals surface area contributed by atoms with Gasteiger partial charge in [-0.1, -0.05) is 11.6 Å². The van der Waals surface area contributed by atoms with Gasteiger partial charge in [-0.15, -0.1) is 0 Å². The van der Waals surface area contributed by atoms with Gasteiger partial charge in [-0.05, 0) is 46.3 Å². The molecule has 0 aromatic heterocycles. The highest BCUT2D eigenvalue weighted by atomic mass is 79.9. The monoisotopic (exact) mass is 332 g/mol. The molecule has 94 valence electrons. The summed E-state index contributed by atoms with van der Waals surface area (Å²) in [5, 5.41) is 2.94. The van der Waals surface area contributed by atoms with E-state index in [0.29, 0.717) is 15.8 Å². The van der Waals surface area contributed by atoms with Gasteiger partial charge in [0.25, 0.3) is 0 Å². The Morgan fingerprint density at radius 1 is 1.17 bits per heavy atom. The van der Waals surface area contributed by atoms with Crippen molar-refractivity contribution in [2.24, 2.45) is 0 Å². The first kappa shape index (κ1) is 13.1. The van der Waals surface area contributed by atoms with Crippen molar-refractivity contribution in [3.05, 3.63) is 51.5 Å². The van der Waals surface area contributed by atoms with Gasteiger partial charge in [-0.2, -0.15) is 0 Å². The van der Waals surface area contributed by atoms with Crippen LogP contribution in [0.4, 0.5) is 25.8 Å². The third kappa shape index (κ3) is 2.73. The summed E-state index contributed by atoms with van der Waals surface area (Å²) >= 11 is 9.05. The molecule has 0 bridgehead atoms. The summed E-state index contributed by atoms with van der Waals surface area (Å²) in [5.41, 5.74) is 6.37. The second-order valence-electron chi connectivity index (χ2n) is 3.61. The van der Waals surface area contributed by atoms with Gasteiger partial charge in [0.05, 0.1) is 16.4 Å². The number of nitrogen functional groups attached to an aromatic ring is 1. The van der Waals surface area contributed by atoms with Crippen molar-refractivity contribution in [3.8, 4) is 0 Å². The summed E-state index contributed by atoms with van der Waals surface area (Å²) in [6, 6.07) is 6.61. The Labute approximate surface area is 116 Å². The standard InChI is InChI=1S/C12H8BrClF2N2/c13-8-3-6(15)4-9(14)12(8)18-11-2-1-7(17)5-10(11)16/h1-5,18H,17H2. The molecule has 0 aliphatic heterocycles. The number of nitrogens with one attached hydrogen (secondary N) is 1. The smallest absolute Gasteiger partial charge is 0.148 e. The zero-order chi connectivity index (χ0) is 13.3. The van der Waals surface area contributed by atoms with Crippen LogP contribution in [0.2, 0.25) is 5.02 Å². The molecule has 0 saturated carbocycles. The Morgan fingerprint density at radius 2 is 1.89 bits per heavy atom. The summed E-state index contributed by atoms with van der Waals surface area (Å²) < 4.78 is 27.1. The van der Waals surface area contributed by atoms with E-state index >= 15 is 0 Å². The predicted molar refractivity (Wildman–Crippen MR) is 73.2 cm³/mol. The van der Waals surface area contributed by atoms with Crippen molar-refractivity contribution in [3.63, 3.8) is 0 Å². The molecule has 2 aromatic rings. The zero-order valence-corrected chi connectivity index (χ0v) is 11.3. The second-order valence-corrected chi connectivity index (χ2v) is 4.87. The van der Waals surface area contributed by atoms with Crippen LogP contribution < -0.4 is 11.1 Å². The lowest BCUT2D eigenvalue weighted by atomic mass is 10.2. The van der Waals surface area contributed by atoms with Crippen molar-refractivity contribution in [1.82, 2.24) is 0 Å². The number of anilines is 3. The summed E-state index contributed by atoms with van der Waals surface area (Å²) in [5.74, 6) is -0.988. The molecule has 0 saturated heterocycles. The third-order valence-corrected chi connectivity index (χ3v) is 3.18. The van der Waals surface area contributed by atoms with Crippen molar-refractivity contribution >= 4 is 44.6 Å². The Hall–Kier alpha value is -1.33. The van der Waals surface area contributed by atoms with Crippen molar-refractivity contribution in [2.75, 3.05) is 11.1 Å². The quantitative estimate of drug-likeness (QED) is 0.781. The van der Waals surface area contributed by atoms with Gasteiger partial charge in [0.15, 0.2) is 0 Å². The number of nitrogens with two attached hydrogens (primary N) is 1. The molecule has 2 rings (SSSR count). The Bertz CT molecular complexity index is 582. The van der Waals surface area contributed by atoms with Crippen LogP contribution in [0, 0.1) is 11.6 Å². The molecule has 0 spiro atoms. The van der Waals surface area contributed by atoms with Gasteiger partial charge < -0.3 is 11.1 Å². The summed E-state index contributed by atoms with van der Waals surface area (Å²) in [6.45, 7) is 0. The number of hydrogen-bond acceptors (Lipinski definition) is 2. The van der Waals surface area contributed by atoms with Crippen LogP contribution >= 0.6 is 27.5 Å². The Morgan fingerprint density at radius 3 is 2.50 bits per heavy atom. The van der Waals surface area contributed by atoms with Gasteiger partial charge in [-0.3, -0.25) is 0 Å². The van der Waals surface area contributed by atoms with E-state index in [9.17, 15) is 8.78 Å². The summed E-state index contributed by atoms with van der Waals surface area (Å²) in [6.07, 6.45) is 0. The largest absolute Gasteiger partial charge is 0.399 e. The van der Waals surface area contributed by atoms with E-state index in [4.69, 9.17) is 17.3 Å². The fraction of sp³-hybridized carbons (Fsp3) is 0. The second kappa shape index (κ2) is 5.12. The molecule has 0 fully saturated rings. The van der Waals surface area contributed by atoms with Crippen molar-refractivity contribution in [2.45, 2.75) is 0 Å². The molecule has 6 heteroatoms. The molecule has 0 aliphatic carbocycles. The maximum Gasteiger partial charge on any atom is 0.148 e. The first-order chi connectivity index (χ1) is 8.47. The molecule has 0 aliphatic rings. The van der Waals surface area contributed by atoms with E-state index in [2.05, 4.69) is 21.2 Å². The lowest BCUT2D eigenvalue weighted by molar-refractivity contribution is 0.627. The van der Waals surface area contributed by atoms with Crippen LogP contribution in [0.25, 0.3) is 0 Å². The average molecular weight is 334 g/mol. The molecule has 0 unspecified atom stereocenters. The van der Waals surface area contributed by atoms with Crippen LogP contribution in [0.3, 0.4) is 0 Å². The van der Waals surface area contributed by atoms with E-state index in [1.165, 1.54) is 18.2 Å². The fourth-order valence-electron chi connectivity index (χ4n) is 1.43. The van der Waals surface area contributed by atoms with Crippen molar-refractivity contribution in [1.29, 1.82) is 0 Å². The minimum atomic E-state index is -0.512. The molecule has 0 atom stereocenters. The van der Waals surface area contributed by atoms with E-state index in [-0.39, 0.29) is 10.7 Å².